The second-order valence-corrected chi connectivity index (χ2v) is 6.48. The number of aryl methyl sites for hydroxylation is 1. The molecule has 5 heteroatoms. The van der Waals surface area contributed by atoms with Crippen LogP contribution in [0.4, 0.5) is 11.5 Å². The van der Waals surface area contributed by atoms with E-state index < -0.39 is 0 Å². The van der Waals surface area contributed by atoms with Crippen molar-refractivity contribution >= 4 is 33.3 Å². The second-order valence-electron chi connectivity index (χ2n) is 5.62. The standard InChI is InChI=1S/C17H20BrN3O/c1-11(2)9-19-16-7-5-13(10-20-16)17(22)21-14-6-4-12(3)15(18)8-14/h4-8,10-11H,9H2,1-3H3,(H,19,20)(H,21,22). The number of halogens is 1. The predicted molar refractivity (Wildman–Crippen MR) is 94.4 cm³/mol. The van der Waals surface area contributed by atoms with Gasteiger partial charge in [-0.2, -0.15) is 0 Å². The molecule has 0 aliphatic carbocycles. The van der Waals surface area contributed by atoms with Gasteiger partial charge in [0.1, 0.15) is 5.82 Å². The van der Waals surface area contributed by atoms with Crippen molar-refractivity contribution in [2.45, 2.75) is 20.8 Å². The molecule has 0 bridgehead atoms. The van der Waals surface area contributed by atoms with Crippen LogP contribution in [0.3, 0.4) is 0 Å². The summed E-state index contributed by atoms with van der Waals surface area (Å²) in [5.74, 6) is 1.16. The third-order valence-electron chi connectivity index (χ3n) is 3.15. The van der Waals surface area contributed by atoms with E-state index in [0.29, 0.717) is 11.5 Å². The normalized spacial score (nSPS) is 10.6. The largest absolute Gasteiger partial charge is 0.370 e. The third kappa shape index (κ3) is 4.56. The summed E-state index contributed by atoms with van der Waals surface area (Å²) in [6.45, 7) is 7.13. The van der Waals surface area contributed by atoms with Gasteiger partial charge in [0.2, 0.25) is 0 Å². The lowest BCUT2D eigenvalue weighted by Gasteiger charge is -2.09. The molecule has 1 aromatic heterocycles. The van der Waals surface area contributed by atoms with Gasteiger partial charge in [0, 0.05) is 22.9 Å². The number of rotatable bonds is 5. The van der Waals surface area contributed by atoms with Crippen molar-refractivity contribution in [1.82, 2.24) is 4.98 Å². The van der Waals surface area contributed by atoms with Gasteiger partial charge in [0.25, 0.3) is 5.91 Å². The van der Waals surface area contributed by atoms with Crippen LogP contribution in [-0.4, -0.2) is 17.4 Å². The minimum Gasteiger partial charge on any atom is -0.370 e. The first-order chi connectivity index (χ1) is 10.5. The molecule has 2 aromatic rings. The Morgan fingerprint density at radius 3 is 2.64 bits per heavy atom. The highest BCUT2D eigenvalue weighted by Crippen LogP contribution is 2.21. The van der Waals surface area contributed by atoms with Crippen LogP contribution in [0.15, 0.2) is 41.0 Å². The van der Waals surface area contributed by atoms with Crippen LogP contribution in [0, 0.1) is 12.8 Å². The fraction of sp³-hybridized carbons (Fsp3) is 0.294. The number of pyridine rings is 1. The Bertz CT molecular complexity index is 653. The van der Waals surface area contributed by atoms with Gasteiger partial charge in [-0.05, 0) is 42.7 Å². The molecular weight excluding hydrogens is 342 g/mol. The predicted octanol–water partition coefficient (Wildman–Crippen LogP) is 4.47. The van der Waals surface area contributed by atoms with E-state index in [-0.39, 0.29) is 5.91 Å². The highest BCUT2D eigenvalue weighted by atomic mass is 79.9. The number of aromatic nitrogens is 1. The maximum Gasteiger partial charge on any atom is 0.257 e. The number of carbonyl (C=O) groups is 1. The quantitative estimate of drug-likeness (QED) is 0.825. The Morgan fingerprint density at radius 1 is 1.27 bits per heavy atom. The van der Waals surface area contributed by atoms with Gasteiger partial charge in [-0.15, -0.1) is 0 Å². The van der Waals surface area contributed by atoms with Crippen molar-refractivity contribution < 1.29 is 4.79 Å². The Hall–Kier alpha value is -1.88. The molecule has 0 fully saturated rings. The SMILES string of the molecule is Cc1ccc(NC(=O)c2ccc(NCC(C)C)nc2)cc1Br. The monoisotopic (exact) mass is 361 g/mol. The maximum atomic E-state index is 12.2. The minimum absolute atomic E-state index is 0.168. The summed E-state index contributed by atoms with van der Waals surface area (Å²) in [4.78, 5) is 16.5. The molecule has 2 rings (SSSR count). The number of hydrogen-bond donors (Lipinski definition) is 2. The summed E-state index contributed by atoms with van der Waals surface area (Å²) in [6, 6.07) is 9.32. The first kappa shape index (κ1) is 16.5. The van der Waals surface area contributed by atoms with Crippen LogP contribution < -0.4 is 10.6 Å². The molecular formula is C17H20BrN3O. The summed E-state index contributed by atoms with van der Waals surface area (Å²) >= 11 is 3.46. The average Bonchev–Trinajstić information content (AvgIpc) is 2.49. The van der Waals surface area contributed by atoms with Crippen LogP contribution in [0.1, 0.15) is 29.8 Å². The average molecular weight is 362 g/mol. The highest BCUT2D eigenvalue weighted by molar-refractivity contribution is 9.10. The van der Waals surface area contributed by atoms with Crippen molar-refractivity contribution in [3.8, 4) is 0 Å². The molecule has 0 radical (unpaired) electrons. The van der Waals surface area contributed by atoms with Gasteiger partial charge in [-0.3, -0.25) is 4.79 Å². The fourth-order valence-electron chi connectivity index (χ4n) is 1.82. The second kappa shape index (κ2) is 7.40. The van der Waals surface area contributed by atoms with E-state index in [4.69, 9.17) is 0 Å². The molecule has 1 amide bonds. The number of benzene rings is 1. The maximum absolute atomic E-state index is 12.2. The zero-order valence-corrected chi connectivity index (χ0v) is 14.6. The first-order valence-corrected chi connectivity index (χ1v) is 8.02. The molecule has 0 saturated heterocycles. The van der Waals surface area contributed by atoms with Crippen molar-refractivity contribution in [3.05, 3.63) is 52.1 Å². The van der Waals surface area contributed by atoms with Crippen molar-refractivity contribution in [2.24, 2.45) is 5.92 Å². The van der Waals surface area contributed by atoms with E-state index in [0.717, 1.165) is 28.1 Å². The van der Waals surface area contributed by atoms with Gasteiger partial charge in [-0.25, -0.2) is 4.98 Å². The van der Waals surface area contributed by atoms with E-state index in [9.17, 15) is 4.79 Å². The topological polar surface area (TPSA) is 54.0 Å². The molecule has 1 heterocycles. The molecule has 2 N–H and O–H groups in total. The lowest BCUT2D eigenvalue weighted by Crippen LogP contribution is -2.13. The first-order valence-electron chi connectivity index (χ1n) is 7.23. The van der Waals surface area contributed by atoms with Gasteiger partial charge in [0.05, 0.1) is 5.56 Å². The number of nitrogens with zero attached hydrogens (tertiary/aromatic N) is 1. The Morgan fingerprint density at radius 2 is 2.05 bits per heavy atom. The Labute approximate surface area is 139 Å². The highest BCUT2D eigenvalue weighted by Gasteiger charge is 2.08. The summed E-state index contributed by atoms with van der Waals surface area (Å²) in [7, 11) is 0. The number of nitrogens with one attached hydrogen (secondary N) is 2. The number of anilines is 2. The Balaban J connectivity index is 2.01. The summed E-state index contributed by atoms with van der Waals surface area (Å²) < 4.78 is 0.969. The van der Waals surface area contributed by atoms with Gasteiger partial charge in [-0.1, -0.05) is 35.8 Å². The Kier molecular flexibility index (Phi) is 5.55. The zero-order chi connectivity index (χ0) is 16.1. The van der Waals surface area contributed by atoms with E-state index >= 15 is 0 Å². The number of amides is 1. The molecule has 116 valence electrons. The van der Waals surface area contributed by atoms with Gasteiger partial charge in [0.15, 0.2) is 0 Å². The third-order valence-corrected chi connectivity index (χ3v) is 4.00. The molecule has 0 saturated carbocycles. The van der Waals surface area contributed by atoms with Gasteiger partial charge < -0.3 is 10.6 Å². The molecule has 4 nitrogen and oxygen atoms in total. The van der Waals surface area contributed by atoms with Crippen LogP contribution >= 0.6 is 15.9 Å². The number of hydrogen-bond acceptors (Lipinski definition) is 3. The van der Waals surface area contributed by atoms with Crippen LogP contribution in [-0.2, 0) is 0 Å². The molecule has 0 unspecified atom stereocenters. The van der Waals surface area contributed by atoms with Crippen LogP contribution in [0.25, 0.3) is 0 Å². The van der Waals surface area contributed by atoms with Crippen LogP contribution in [0.2, 0.25) is 0 Å². The van der Waals surface area contributed by atoms with E-state index in [1.54, 1.807) is 12.3 Å². The lowest BCUT2D eigenvalue weighted by atomic mass is 10.2. The minimum atomic E-state index is -0.168. The zero-order valence-electron chi connectivity index (χ0n) is 13.0. The summed E-state index contributed by atoms with van der Waals surface area (Å²) in [5.41, 5.74) is 2.41. The fourth-order valence-corrected chi connectivity index (χ4v) is 2.19. The molecule has 0 spiro atoms. The van der Waals surface area contributed by atoms with E-state index in [1.165, 1.54) is 0 Å². The van der Waals surface area contributed by atoms with E-state index in [2.05, 4.69) is 45.4 Å². The number of carbonyl (C=O) groups excluding carboxylic acids is 1. The smallest absolute Gasteiger partial charge is 0.257 e. The molecule has 0 atom stereocenters. The van der Waals surface area contributed by atoms with E-state index in [1.807, 2.05) is 31.2 Å². The van der Waals surface area contributed by atoms with Crippen molar-refractivity contribution in [2.75, 3.05) is 17.2 Å². The summed E-state index contributed by atoms with van der Waals surface area (Å²) in [6.07, 6.45) is 1.58. The lowest BCUT2D eigenvalue weighted by molar-refractivity contribution is 0.102. The molecule has 22 heavy (non-hydrogen) atoms. The molecule has 1 aromatic carbocycles. The van der Waals surface area contributed by atoms with Crippen molar-refractivity contribution in [1.29, 1.82) is 0 Å². The van der Waals surface area contributed by atoms with Crippen LogP contribution in [0.5, 0.6) is 0 Å². The van der Waals surface area contributed by atoms with Crippen molar-refractivity contribution in [3.63, 3.8) is 0 Å². The van der Waals surface area contributed by atoms with Gasteiger partial charge >= 0.3 is 0 Å². The summed E-state index contributed by atoms with van der Waals surface area (Å²) in [5, 5.41) is 6.09. The molecule has 0 aliphatic heterocycles. The molecule has 0 aliphatic rings.